The van der Waals surface area contributed by atoms with Gasteiger partial charge in [-0.15, -0.1) is 0 Å². The lowest BCUT2D eigenvalue weighted by Gasteiger charge is -2.16. The summed E-state index contributed by atoms with van der Waals surface area (Å²) in [6.45, 7) is 2.15. The summed E-state index contributed by atoms with van der Waals surface area (Å²) < 4.78 is 5.29. The van der Waals surface area contributed by atoms with Gasteiger partial charge in [0.1, 0.15) is 5.76 Å². The first-order chi connectivity index (χ1) is 7.84. The van der Waals surface area contributed by atoms with Crippen LogP contribution >= 0.6 is 0 Å². The molecule has 90 valence electrons. The Morgan fingerprint density at radius 1 is 1.50 bits per heavy atom. The monoisotopic (exact) mass is 223 g/mol. The summed E-state index contributed by atoms with van der Waals surface area (Å²) in [6, 6.07) is 4.33. The summed E-state index contributed by atoms with van der Waals surface area (Å²) in [6.07, 6.45) is 9.21. The second kappa shape index (κ2) is 6.06. The van der Waals surface area contributed by atoms with Crippen molar-refractivity contribution in [1.82, 2.24) is 5.48 Å². The van der Waals surface area contributed by atoms with Crippen molar-refractivity contribution in [3.63, 3.8) is 0 Å². The molecule has 1 N–H and O–H groups in total. The Balaban J connectivity index is 1.58. The van der Waals surface area contributed by atoms with Gasteiger partial charge in [0.15, 0.2) is 0 Å². The first-order valence-electron chi connectivity index (χ1n) is 6.28. The highest BCUT2D eigenvalue weighted by molar-refractivity contribution is 4.98. The van der Waals surface area contributed by atoms with Crippen LogP contribution in [-0.4, -0.2) is 12.1 Å². The summed E-state index contributed by atoms with van der Waals surface area (Å²) in [7, 11) is 0. The van der Waals surface area contributed by atoms with Crippen LogP contribution in [-0.2, 0) is 11.3 Å². The molecule has 1 heterocycles. The van der Waals surface area contributed by atoms with Crippen LogP contribution in [0, 0.1) is 0 Å². The molecule has 1 atom stereocenters. The highest BCUT2D eigenvalue weighted by Gasteiger charge is 2.16. The predicted molar refractivity (Wildman–Crippen MR) is 63.0 cm³/mol. The van der Waals surface area contributed by atoms with E-state index >= 15 is 0 Å². The Morgan fingerprint density at radius 2 is 2.31 bits per heavy atom. The van der Waals surface area contributed by atoms with Crippen molar-refractivity contribution in [3.05, 3.63) is 24.2 Å². The number of rotatable bonds is 6. The summed E-state index contributed by atoms with van der Waals surface area (Å²) in [5.74, 6) is 1.05. The summed E-state index contributed by atoms with van der Waals surface area (Å²) >= 11 is 0. The van der Waals surface area contributed by atoms with Gasteiger partial charge in [-0.1, -0.05) is 12.8 Å². The molecule has 0 amide bonds. The van der Waals surface area contributed by atoms with Gasteiger partial charge in [-0.2, -0.15) is 5.48 Å². The molecule has 0 aromatic carbocycles. The van der Waals surface area contributed by atoms with Crippen LogP contribution in [0.4, 0.5) is 0 Å². The molecule has 1 aliphatic rings. The van der Waals surface area contributed by atoms with Gasteiger partial charge in [0.25, 0.3) is 0 Å². The number of hydrogen-bond acceptors (Lipinski definition) is 3. The highest BCUT2D eigenvalue weighted by atomic mass is 16.7. The third-order valence-electron chi connectivity index (χ3n) is 3.14. The van der Waals surface area contributed by atoms with E-state index in [1.54, 1.807) is 6.26 Å². The van der Waals surface area contributed by atoms with Crippen LogP contribution in [0.25, 0.3) is 0 Å². The molecular weight excluding hydrogens is 202 g/mol. The van der Waals surface area contributed by atoms with E-state index in [2.05, 4.69) is 12.4 Å². The number of hydroxylamine groups is 1. The molecule has 1 saturated carbocycles. The van der Waals surface area contributed by atoms with Gasteiger partial charge in [0.05, 0.1) is 12.4 Å². The van der Waals surface area contributed by atoms with Crippen molar-refractivity contribution in [2.45, 2.75) is 57.6 Å². The molecule has 1 fully saturated rings. The van der Waals surface area contributed by atoms with Crippen molar-refractivity contribution in [1.29, 1.82) is 0 Å². The van der Waals surface area contributed by atoms with E-state index in [1.165, 1.54) is 25.7 Å². The zero-order valence-electron chi connectivity index (χ0n) is 9.95. The zero-order chi connectivity index (χ0) is 11.2. The number of aryl methyl sites for hydroxylation is 1. The normalized spacial score (nSPS) is 19.1. The van der Waals surface area contributed by atoms with Gasteiger partial charge < -0.3 is 4.42 Å². The van der Waals surface area contributed by atoms with Gasteiger partial charge in [-0.25, -0.2) is 0 Å². The van der Waals surface area contributed by atoms with E-state index in [-0.39, 0.29) is 0 Å². The van der Waals surface area contributed by atoms with Crippen LogP contribution in [0.1, 0.15) is 44.8 Å². The first kappa shape index (κ1) is 11.7. The summed E-state index contributed by atoms with van der Waals surface area (Å²) in [5, 5.41) is 0. The fourth-order valence-corrected chi connectivity index (χ4v) is 2.09. The first-order valence-corrected chi connectivity index (χ1v) is 6.28. The minimum atomic E-state index is 0.380. The van der Waals surface area contributed by atoms with Crippen molar-refractivity contribution < 1.29 is 9.25 Å². The molecule has 1 unspecified atom stereocenters. The van der Waals surface area contributed by atoms with Gasteiger partial charge in [-0.3, -0.25) is 4.84 Å². The molecule has 1 aliphatic carbocycles. The molecule has 0 saturated heterocycles. The van der Waals surface area contributed by atoms with Crippen molar-refractivity contribution in [2.75, 3.05) is 0 Å². The molecule has 3 heteroatoms. The molecular formula is C13H21NO2. The lowest BCUT2D eigenvalue weighted by atomic mass is 10.1. The average molecular weight is 223 g/mol. The summed E-state index contributed by atoms with van der Waals surface area (Å²) in [5.41, 5.74) is 3.15. The van der Waals surface area contributed by atoms with Crippen molar-refractivity contribution in [3.8, 4) is 0 Å². The van der Waals surface area contributed by atoms with E-state index < -0.39 is 0 Å². The van der Waals surface area contributed by atoms with Crippen LogP contribution in [0.15, 0.2) is 22.8 Å². The maximum atomic E-state index is 5.65. The van der Waals surface area contributed by atoms with Gasteiger partial charge in [-0.05, 0) is 38.3 Å². The fraction of sp³-hybridized carbons (Fsp3) is 0.692. The van der Waals surface area contributed by atoms with Crippen LogP contribution in [0.5, 0.6) is 0 Å². The van der Waals surface area contributed by atoms with E-state index in [9.17, 15) is 0 Å². The lowest BCUT2D eigenvalue weighted by molar-refractivity contribution is -0.0383. The topological polar surface area (TPSA) is 34.4 Å². The van der Waals surface area contributed by atoms with Gasteiger partial charge in [0, 0.05) is 12.5 Å². The molecule has 0 radical (unpaired) electrons. The fourth-order valence-electron chi connectivity index (χ4n) is 2.09. The SMILES string of the molecule is CC(CCc1ccco1)NOC1CCCC1. The molecule has 0 spiro atoms. The van der Waals surface area contributed by atoms with E-state index in [0.717, 1.165) is 18.6 Å². The van der Waals surface area contributed by atoms with Crippen molar-refractivity contribution >= 4 is 0 Å². The Kier molecular flexibility index (Phi) is 4.43. The minimum Gasteiger partial charge on any atom is -0.469 e. The third-order valence-corrected chi connectivity index (χ3v) is 3.14. The quantitative estimate of drug-likeness (QED) is 0.753. The maximum Gasteiger partial charge on any atom is 0.103 e. The largest absolute Gasteiger partial charge is 0.469 e. The van der Waals surface area contributed by atoms with Crippen molar-refractivity contribution in [2.24, 2.45) is 0 Å². The van der Waals surface area contributed by atoms with Gasteiger partial charge in [0.2, 0.25) is 0 Å². The maximum absolute atomic E-state index is 5.65. The Morgan fingerprint density at radius 3 is 3.00 bits per heavy atom. The van der Waals surface area contributed by atoms with Crippen LogP contribution in [0.3, 0.4) is 0 Å². The third kappa shape index (κ3) is 3.65. The van der Waals surface area contributed by atoms with E-state index in [0.29, 0.717) is 12.1 Å². The highest BCUT2D eigenvalue weighted by Crippen LogP contribution is 2.20. The molecule has 0 bridgehead atoms. The Labute approximate surface area is 97.1 Å². The molecule has 1 aromatic rings. The molecule has 0 aliphatic heterocycles. The standard InChI is InChI=1S/C13H21NO2/c1-11(8-9-12-7-4-10-15-12)14-16-13-5-2-3-6-13/h4,7,10-11,13-14H,2-3,5-6,8-9H2,1H3. The second-order valence-corrected chi connectivity index (χ2v) is 4.66. The number of furan rings is 1. The lowest BCUT2D eigenvalue weighted by Crippen LogP contribution is -2.30. The molecule has 1 aromatic heterocycles. The molecule has 3 nitrogen and oxygen atoms in total. The number of nitrogens with one attached hydrogen (secondary N) is 1. The van der Waals surface area contributed by atoms with Crippen LogP contribution in [0.2, 0.25) is 0 Å². The summed E-state index contributed by atoms with van der Waals surface area (Å²) in [4.78, 5) is 5.65. The average Bonchev–Trinajstić information content (AvgIpc) is 2.96. The Hall–Kier alpha value is -0.800. The van der Waals surface area contributed by atoms with E-state index in [4.69, 9.17) is 9.25 Å². The second-order valence-electron chi connectivity index (χ2n) is 4.66. The van der Waals surface area contributed by atoms with E-state index in [1.807, 2.05) is 12.1 Å². The molecule has 16 heavy (non-hydrogen) atoms. The zero-order valence-corrected chi connectivity index (χ0v) is 9.95. The van der Waals surface area contributed by atoms with Crippen LogP contribution < -0.4 is 5.48 Å². The smallest absolute Gasteiger partial charge is 0.103 e. The number of hydrogen-bond donors (Lipinski definition) is 1. The minimum absolute atomic E-state index is 0.380. The van der Waals surface area contributed by atoms with Gasteiger partial charge >= 0.3 is 0 Å². The molecule has 2 rings (SSSR count). The predicted octanol–water partition coefficient (Wildman–Crippen LogP) is 3.06. The Bertz CT molecular complexity index is 278.